The number of aryl methyl sites for hydroxylation is 1. The number of hydrogen-bond acceptors (Lipinski definition) is 3. The molecule has 0 saturated heterocycles. The first-order chi connectivity index (χ1) is 13.2. The second-order valence-electron chi connectivity index (χ2n) is 6.79. The first-order valence-electron chi connectivity index (χ1n) is 9.89. The quantitative estimate of drug-likeness (QED) is 0.484. The van der Waals surface area contributed by atoms with Gasteiger partial charge in [0.2, 0.25) is 0 Å². The van der Waals surface area contributed by atoms with E-state index in [1.165, 1.54) is 32.1 Å². The van der Waals surface area contributed by atoms with Gasteiger partial charge in [-0.3, -0.25) is 4.79 Å². The number of ether oxygens (including phenoxy) is 2. The minimum Gasteiger partial charge on any atom is -0.494 e. The van der Waals surface area contributed by atoms with Crippen molar-refractivity contribution in [2.45, 2.75) is 52.4 Å². The number of anilines is 1. The van der Waals surface area contributed by atoms with Crippen molar-refractivity contribution in [3.8, 4) is 11.5 Å². The molecule has 0 aliphatic carbocycles. The van der Waals surface area contributed by atoms with Crippen molar-refractivity contribution in [3.05, 3.63) is 54.1 Å². The zero-order valence-corrected chi connectivity index (χ0v) is 16.5. The molecule has 0 aromatic heterocycles. The molecule has 0 heterocycles. The van der Waals surface area contributed by atoms with Gasteiger partial charge in [-0.05, 0) is 49.7 Å². The van der Waals surface area contributed by atoms with Crippen LogP contribution in [-0.4, -0.2) is 19.1 Å². The summed E-state index contributed by atoms with van der Waals surface area (Å²) in [5, 5.41) is 2.81. The van der Waals surface area contributed by atoms with Gasteiger partial charge in [0.15, 0.2) is 6.61 Å². The third-order valence-electron chi connectivity index (χ3n) is 4.30. The van der Waals surface area contributed by atoms with Gasteiger partial charge in [0.25, 0.3) is 5.91 Å². The summed E-state index contributed by atoms with van der Waals surface area (Å²) >= 11 is 0. The van der Waals surface area contributed by atoms with Gasteiger partial charge in [0, 0.05) is 5.69 Å². The highest BCUT2D eigenvalue weighted by molar-refractivity contribution is 5.91. The summed E-state index contributed by atoms with van der Waals surface area (Å²) in [6.07, 6.45) is 7.51. The van der Waals surface area contributed by atoms with Gasteiger partial charge in [-0.2, -0.15) is 0 Å². The SMILES string of the molecule is CCCCCCCCOc1ccc(OCC(=O)Nc2ccc(C)cc2)cc1. The first-order valence-corrected chi connectivity index (χ1v) is 9.89. The van der Waals surface area contributed by atoms with Crippen molar-refractivity contribution in [1.82, 2.24) is 0 Å². The average Bonchev–Trinajstić information content (AvgIpc) is 2.68. The number of hydrogen-bond donors (Lipinski definition) is 1. The normalized spacial score (nSPS) is 10.4. The van der Waals surface area contributed by atoms with Gasteiger partial charge >= 0.3 is 0 Å². The fraction of sp³-hybridized carbons (Fsp3) is 0.435. The number of unbranched alkanes of at least 4 members (excludes halogenated alkanes) is 5. The number of rotatable bonds is 12. The van der Waals surface area contributed by atoms with Gasteiger partial charge in [0.1, 0.15) is 11.5 Å². The smallest absolute Gasteiger partial charge is 0.262 e. The fourth-order valence-electron chi connectivity index (χ4n) is 2.69. The maximum absolute atomic E-state index is 11.9. The zero-order chi connectivity index (χ0) is 19.3. The molecule has 0 bridgehead atoms. The maximum Gasteiger partial charge on any atom is 0.262 e. The standard InChI is InChI=1S/C23H31NO3/c1-3-4-5-6-7-8-17-26-21-13-15-22(16-14-21)27-18-23(25)24-20-11-9-19(2)10-12-20/h9-16H,3-8,17-18H2,1-2H3,(H,24,25). The van der Waals surface area contributed by atoms with Crippen LogP contribution in [0.5, 0.6) is 11.5 Å². The Kier molecular flexibility index (Phi) is 9.25. The summed E-state index contributed by atoms with van der Waals surface area (Å²) in [7, 11) is 0. The number of benzene rings is 2. The molecule has 0 saturated carbocycles. The van der Waals surface area contributed by atoms with Crippen molar-refractivity contribution >= 4 is 11.6 Å². The number of nitrogens with one attached hydrogen (secondary N) is 1. The molecule has 0 unspecified atom stereocenters. The van der Waals surface area contributed by atoms with Crippen molar-refractivity contribution in [3.63, 3.8) is 0 Å². The molecule has 2 rings (SSSR count). The minimum atomic E-state index is -0.178. The Morgan fingerprint density at radius 3 is 2.07 bits per heavy atom. The summed E-state index contributed by atoms with van der Waals surface area (Å²) < 4.78 is 11.3. The summed E-state index contributed by atoms with van der Waals surface area (Å²) in [4.78, 5) is 11.9. The van der Waals surface area contributed by atoms with Crippen molar-refractivity contribution in [2.24, 2.45) is 0 Å². The molecule has 0 atom stereocenters. The van der Waals surface area contributed by atoms with Gasteiger partial charge in [-0.1, -0.05) is 56.7 Å². The lowest BCUT2D eigenvalue weighted by atomic mass is 10.1. The Bertz CT molecular complexity index is 665. The van der Waals surface area contributed by atoms with Crippen LogP contribution >= 0.6 is 0 Å². The monoisotopic (exact) mass is 369 g/mol. The molecule has 0 aliphatic rings. The van der Waals surface area contributed by atoms with Crippen molar-refractivity contribution < 1.29 is 14.3 Å². The van der Waals surface area contributed by atoms with E-state index in [2.05, 4.69) is 12.2 Å². The van der Waals surface area contributed by atoms with Crippen LogP contribution in [0, 0.1) is 6.92 Å². The van der Waals surface area contributed by atoms with E-state index in [4.69, 9.17) is 9.47 Å². The Hall–Kier alpha value is -2.49. The summed E-state index contributed by atoms with van der Waals surface area (Å²) in [5.41, 5.74) is 1.93. The summed E-state index contributed by atoms with van der Waals surface area (Å²) in [5.74, 6) is 1.31. The third-order valence-corrected chi connectivity index (χ3v) is 4.30. The molecule has 0 spiro atoms. The second-order valence-corrected chi connectivity index (χ2v) is 6.79. The molecule has 2 aromatic carbocycles. The van der Waals surface area contributed by atoms with Crippen LogP contribution in [0.25, 0.3) is 0 Å². The van der Waals surface area contributed by atoms with Crippen LogP contribution < -0.4 is 14.8 Å². The highest BCUT2D eigenvalue weighted by Gasteiger charge is 2.04. The molecule has 1 amide bonds. The highest BCUT2D eigenvalue weighted by Crippen LogP contribution is 2.18. The van der Waals surface area contributed by atoms with E-state index in [0.29, 0.717) is 5.75 Å². The fourth-order valence-corrected chi connectivity index (χ4v) is 2.69. The van der Waals surface area contributed by atoms with Gasteiger partial charge in [-0.15, -0.1) is 0 Å². The molecule has 0 radical (unpaired) electrons. The van der Waals surface area contributed by atoms with E-state index in [9.17, 15) is 4.79 Å². The molecular formula is C23H31NO3. The molecule has 146 valence electrons. The van der Waals surface area contributed by atoms with Crippen LogP contribution in [0.4, 0.5) is 5.69 Å². The van der Waals surface area contributed by atoms with Gasteiger partial charge < -0.3 is 14.8 Å². The summed E-state index contributed by atoms with van der Waals surface area (Å²) in [6.45, 7) is 4.96. The van der Waals surface area contributed by atoms with E-state index < -0.39 is 0 Å². The Morgan fingerprint density at radius 1 is 0.815 bits per heavy atom. The Balaban J connectivity index is 1.63. The van der Waals surface area contributed by atoms with Crippen LogP contribution in [-0.2, 0) is 4.79 Å². The Morgan fingerprint density at radius 2 is 1.41 bits per heavy atom. The molecule has 4 nitrogen and oxygen atoms in total. The van der Waals surface area contributed by atoms with E-state index in [1.54, 1.807) is 0 Å². The molecule has 4 heteroatoms. The molecular weight excluding hydrogens is 338 g/mol. The van der Waals surface area contributed by atoms with Gasteiger partial charge in [-0.25, -0.2) is 0 Å². The lowest BCUT2D eigenvalue weighted by molar-refractivity contribution is -0.118. The predicted octanol–water partition coefficient (Wildman–Crippen LogP) is 5.75. The van der Waals surface area contributed by atoms with E-state index in [1.807, 2.05) is 55.5 Å². The molecule has 0 fully saturated rings. The van der Waals surface area contributed by atoms with Crippen molar-refractivity contribution in [1.29, 1.82) is 0 Å². The summed E-state index contributed by atoms with van der Waals surface area (Å²) in [6, 6.07) is 15.1. The molecule has 2 aromatic rings. The second kappa shape index (κ2) is 12.0. The lowest BCUT2D eigenvalue weighted by Crippen LogP contribution is -2.20. The highest BCUT2D eigenvalue weighted by atomic mass is 16.5. The van der Waals surface area contributed by atoms with Crippen LogP contribution in [0.2, 0.25) is 0 Å². The van der Waals surface area contributed by atoms with E-state index in [-0.39, 0.29) is 12.5 Å². The largest absolute Gasteiger partial charge is 0.494 e. The predicted molar refractivity (Wildman–Crippen MR) is 111 cm³/mol. The van der Waals surface area contributed by atoms with Crippen LogP contribution in [0.1, 0.15) is 51.0 Å². The van der Waals surface area contributed by atoms with E-state index in [0.717, 1.165) is 30.0 Å². The minimum absolute atomic E-state index is 0.0220. The molecule has 0 aliphatic heterocycles. The maximum atomic E-state index is 11.9. The molecule has 27 heavy (non-hydrogen) atoms. The number of carbonyl (C=O) groups excluding carboxylic acids is 1. The van der Waals surface area contributed by atoms with Crippen LogP contribution in [0.15, 0.2) is 48.5 Å². The Labute approximate surface area is 162 Å². The van der Waals surface area contributed by atoms with E-state index >= 15 is 0 Å². The average molecular weight is 370 g/mol. The van der Waals surface area contributed by atoms with Crippen LogP contribution in [0.3, 0.4) is 0 Å². The van der Waals surface area contributed by atoms with Crippen molar-refractivity contribution in [2.75, 3.05) is 18.5 Å². The third kappa shape index (κ3) is 8.63. The topological polar surface area (TPSA) is 47.6 Å². The lowest BCUT2D eigenvalue weighted by Gasteiger charge is -2.09. The number of amides is 1. The van der Waals surface area contributed by atoms with Gasteiger partial charge in [0.05, 0.1) is 6.61 Å². The zero-order valence-electron chi connectivity index (χ0n) is 16.5. The molecule has 1 N–H and O–H groups in total. The number of carbonyl (C=O) groups is 1. The first kappa shape index (κ1) is 20.8.